The first kappa shape index (κ1) is 10.6. The van der Waals surface area contributed by atoms with E-state index in [2.05, 4.69) is 48.6 Å². The molecule has 0 bridgehead atoms. The third-order valence-electron chi connectivity index (χ3n) is 2.49. The molecule has 0 fully saturated rings. The second-order valence-corrected chi connectivity index (χ2v) is 3.44. The van der Waals surface area contributed by atoms with E-state index in [4.69, 9.17) is 0 Å². The van der Waals surface area contributed by atoms with Gasteiger partial charge in [0.05, 0.1) is 0 Å². The summed E-state index contributed by atoms with van der Waals surface area (Å²) in [7, 11) is 0. The van der Waals surface area contributed by atoms with Crippen LogP contribution in [0, 0.1) is 11.8 Å². The minimum atomic E-state index is 0. The monoisotopic (exact) mass is 213 g/mol. The van der Waals surface area contributed by atoms with Crippen molar-refractivity contribution in [1.29, 1.82) is 0 Å². The summed E-state index contributed by atoms with van der Waals surface area (Å²) in [4.78, 5) is 0. The van der Waals surface area contributed by atoms with Crippen LogP contribution in [0.5, 0.6) is 0 Å². The molecule has 2 aliphatic carbocycles. The van der Waals surface area contributed by atoms with Crippen molar-refractivity contribution < 1.29 is 17.1 Å². The van der Waals surface area contributed by atoms with E-state index in [1.165, 1.54) is 12.8 Å². The van der Waals surface area contributed by atoms with Crippen LogP contribution in [0.25, 0.3) is 0 Å². The molecule has 0 saturated carbocycles. The smallest absolute Gasteiger partial charge is 0 e. The van der Waals surface area contributed by atoms with Gasteiger partial charge in [0.1, 0.15) is 0 Å². The third kappa shape index (κ3) is 3.02. The van der Waals surface area contributed by atoms with Crippen LogP contribution in [0.2, 0.25) is 0 Å². The fraction of sp³-hybridized carbons (Fsp3) is 0.333. The minimum absolute atomic E-state index is 0. The maximum absolute atomic E-state index is 2.28. The molecule has 2 rings (SSSR count). The van der Waals surface area contributed by atoms with Gasteiger partial charge in [-0.25, -0.2) is 0 Å². The molecule has 1 heteroatoms. The van der Waals surface area contributed by atoms with Crippen LogP contribution >= 0.6 is 0 Å². The van der Waals surface area contributed by atoms with E-state index in [0.29, 0.717) is 11.8 Å². The Hall–Kier alpha value is -0.521. The van der Waals surface area contributed by atoms with Crippen LogP contribution in [0.3, 0.4) is 0 Å². The summed E-state index contributed by atoms with van der Waals surface area (Å²) in [5.41, 5.74) is 0. The SMILES string of the molecule is C1=CC(CCC2C=CC=C2)C=C1.[Mn]. The third-order valence-corrected chi connectivity index (χ3v) is 2.49. The van der Waals surface area contributed by atoms with Crippen LogP contribution in [0.1, 0.15) is 12.8 Å². The van der Waals surface area contributed by atoms with Gasteiger partial charge in [0.15, 0.2) is 0 Å². The molecule has 0 aromatic rings. The van der Waals surface area contributed by atoms with Crippen molar-refractivity contribution in [2.75, 3.05) is 0 Å². The molecule has 0 spiro atoms. The van der Waals surface area contributed by atoms with E-state index < -0.39 is 0 Å². The molecule has 0 nitrogen and oxygen atoms in total. The molecule has 69 valence electrons. The van der Waals surface area contributed by atoms with Gasteiger partial charge in [-0.1, -0.05) is 48.6 Å². The molecule has 0 N–H and O–H groups in total. The Morgan fingerprint density at radius 1 is 0.615 bits per heavy atom. The zero-order valence-electron chi connectivity index (χ0n) is 7.57. The second kappa shape index (κ2) is 5.26. The summed E-state index contributed by atoms with van der Waals surface area (Å²) < 4.78 is 0. The van der Waals surface area contributed by atoms with Crippen LogP contribution in [-0.4, -0.2) is 0 Å². The zero-order valence-corrected chi connectivity index (χ0v) is 8.75. The largest absolute Gasteiger partial charge is 0.0776 e. The van der Waals surface area contributed by atoms with Gasteiger partial charge in [-0.05, 0) is 24.7 Å². The summed E-state index contributed by atoms with van der Waals surface area (Å²) in [5, 5.41) is 0. The number of hydrogen-bond donors (Lipinski definition) is 0. The summed E-state index contributed by atoms with van der Waals surface area (Å²) >= 11 is 0. The van der Waals surface area contributed by atoms with Crippen molar-refractivity contribution in [3.8, 4) is 0 Å². The summed E-state index contributed by atoms with van der Waals surface area (Å²) in [6.45, 7) is 0. The standard InChI is InChI=1S/C12H14.Mn/c1-2-6-11(5-1)9-10-12-7-3-4-8-12;/h1-8,11-12H,9-10H2;. The Labute approximate surface area is 90.6 Å². The Bertz CT molecular complexity index is 206. The van der Waals surface area contributed by atoms with Gasteiger partial charge >= 0.3 is 0 Å². The molecular weight excluding hydrogens is 199 g/mol. The van der Waals surface area contributed by atoms with Crippen LogP contribution in [0.4, 0.5) is 0 Å². The first-order chi connectivity index (χ1) is 5.95. The molecule has 0 aliphatic heterocycles. The van der Waals surface area contributed by atoms with E-state index in [0.717, 1.165) is 0 Å². The van der Waals surface area contributed by atoms with Crippen molar-refractivity contribution in [1.82, 2.24) is 0 Å². The minimum Gasteiger partial charge on any atom is -0.0776 e. The summed E-state index contributed by atoms with van der Waals surface area (Å²) in [6.07, 6.45) is 20.3. The predicted octanol–water partition coefficient (Wildman–Crippen LogP) is 3.25. The molecule has 0 aromatic carbocycles. The average Bonchev–Trinajstić information content (AvgIpc) is 2.74. The van der Waals surface area contributed by atoms with E-state index in [1.54, 1.807) is 0 Å². The predicted molar refractivity (Wildman–Crippen MR) is 52.8 cm³/mol. The Morgan fingerprint density at radius 2 is 0.923 bits per heavy atom. The second-order valence-electron chi connectivity index (χ2n) is 3.44. The van der Waals surface area contributed by atoms with Crippen molar-refractivity contribution in [2.24, 2.45) is 11.8 Å². The van der Waals surface area contributed by atoms with E-state index in [9.17, 15) is 0 Å². The summed E-state index contributed by atoms with van der Waals surface area (Å²) in [5.74, 6) is 1.40. The topological polar surface area (TPSA) is 0 Å². The molecule has 0 aromatic heterocycles. The van der Waals surface area contributed by atoms with Crippen molar-refractivity contribution in [3.05, 3.63) is 48.6 Å². The van der Waals surface area contributed by atoms with Crippen LogP contribution in [-0.2, 0) is 17.1 Å². The molecule has 0 heterocycles. The van der Waals surface area contributed by atoms with Crippen molar-refractivity contribution in [3.63, 3.8) is 0 Å². The average molecular weight is 213 g/mol. The molecule has 0 amide bonds. The van der Waals surface area contributed by atoms with Gasteiger partial charge in [-0.3, -0.25) is 0 Å². The van der Waals surface area contributed by atoms with Gasteiger partial charge in [-0.15, -0.1) is 0 Å². The van der Waals surface area contributed by atoms with Crippen LogP contribution < -0.4 is 0 Å². The van der Waals surface area contributed by atoms with Gasteiger partial charge in [0.25, 0.3) is 0 Å². The molecular formula is C12H14Mn. The first-order valence-corrected chi connectivity index (χ1v) is 4.65. The quantitative estimate of drug-likeness (QED) is 0.631. The zero-order chi connectivity index (χ0) is 8.23. The fourth-order valence-corrected chi connectivity index (χ4v) is 1.73. The fourth-order valence-electron chi connectivity index (χ4n) is 1.73. The van der Waals surface area contributed by atoms with Crippen molar-refractivity contribution >= 4 is 0 Å². The normalized spacial score (nSPS) is 20.0. The molecule has 13 heavy (non-hydrogen) atoms. The molecule has 0 atom stereocenters. The Balaban J connectivity index is 0.000000845. The number of allylic oxidation sites excluding steroid dienone is 8. The Morgan fingerprint density at radius 3 is 1.23 bits per heavy atom. The van der Waals surface area contributed by atoms with Gasteiger partial charge in [-0.2, -0.15) is 0 Å². The van der Waals surface area contributed by atoms with E-state index in [1.807, 2.05) is 0 Å². The van der Waals surface area contributed by atoms with E-state index >= 15 is 0 Å². The van der Waals surface area contributed by atoms with Crippen LogP contribution in [0.15, 0.2) is 48.6 Å². The van der Waals surface area contributed by atoms with Gasteiger partial charge < -0.3 is 0 Å². The molecule has 1 radical (unpaired) electrons. The molecule has 0 unspecified atom stereocenters. The number of hydrogen-bond acceptors (Lipinski definition) is 0. The maximum Gasteiger partial charge on any atom is 0 e. The van der Waals surface area contributed by atoms with E-state index in [-0.39, 0.29) is 17.1 Å². The molecule has 0 saturated heterocycles. The number of rotatable bonds is 3. The van der Waals surface area contributed by atoms with Gasteiger partial charge in [0, 0.05) is 17.1 Å². The van der Waals surface area contributed by atoms with Gasteiger partial charge in [0.2, 0.25) is 0 Å². The molecule has 2 aliphatic rings. The summed E-state index contributed by atoms with van der Waals surface area (Å²) in [6, 6.07) is 0. The maximum atomic E-state index is 2.28. The Kier molecular flexibility index (Phi) is 4.27. The first-order valence-electron chi connectivity index (χ1n) is 4.65. The van der Waals surface area contributed by atoms with Crippen molar-refractivity contribution in [2.45, 2.75) is 12.8 Å².